The van der Waals surface area contributed by atoms with E-state index in [1.807, 2.05) is 91.0 Å². The molecule has 4 aromatic carbocycles. The third-order valence-corrected chi connectivity index (χ3v) is 11.7. The number of carbonyl (C=O) groups excluding carboxylic acids is 1. The molecule has 0 saturated heterocycles. The Morgan fingerprint density at radius 3 is 1.81 bits per heavy atom. The third-order valence-electron chi connectivity index (χ3n) is 5.97. The first-order chi connectivity index (χ1) is 18.1. The molecule has 180 valence electrons. The number of nitrogens with zero attached hydrogens (tertiary/aromatic N) is 2. The van der Waals surface area contributed by atoms with Gasteiger partial charge in [-0.05, 0) is 41.0 Å². The quantitative estimate of drug-likeness (QED) is 0.224. The number of aliphatic imine (C=N–C) groups is 1. The van der Waals surface area contributed by atoms with Crippen LogP contribution in [0.2, 0.25) is 5.02 Å². The number of rotatable bonds is 5. The SMILES string of the molecule is N#CC(C1=NC(=O)C(=Cc2c(F)cccc2Cl)S1)=P(c1ccccc1)(c1ccccc1)c1ccccc1. The highest BCUT2D eigenvalue weighted by atomic mass is 35.5. The largest absolute Gasteiger partial charge is 0.284 e. The first kappa shape index (κ1) is 25.0. The average Bonchev–Trinajstić information content (AvgIpc) is 3.30. The summed E-state index contributed by atoms with van der Waals surface area (Å²) in [5.41, 5.74) is 0.116. The number of hydrogen-bond donors (Lipinski definition) is 0. The maximum Gasteiger partial charge on any atom is 0.284 e. The minimum Gasteiger partial charge on any atom is -0.266 e. The third kappa shape index (κ3) is 4.61. The maximum absolute atomic E-state index is 14.5. The molecule has 7 heteroatoms. The van der Waals surface area contributed by atoms with Crippen molar-refractivity contribution in [2.45, 2.75) is 0 Å². The molecule has 0 spiro atoms. The second-order valence-electron chi connectivity index (χ2n) is 8.11. The lowest BCUT2D eigenvalue weighted by atomic mass is 10.2. The van der Waals surface area contributed by atoms with E-state index < -0.39 is 18.6 Å². The van der Waals surface area contributed by atoms with Crippen LogP contribution in [0.15, 0.2) is 119 Å². The molecule has 1 aliphatic heterocycles. The minimum atomic E-state index is -2.74. The Morgan fingerprint density at radius 1 is 0.838 bits per heavy atom. The summed E-state index contributed by atoms with van der Waals surface area (Å²) < 4.78 is 14.5. The molecule has 0 bridgehead atoms. The molecular formula is C30H19ClFN2OPS. The molecule has 0 aromatic heterocycles. The van der Waals surface area contributed by atoms with Crippen LogP contribution in [0.1, 0.15) is 5.56 Å². The van der Waals surface area contributed by atoms with Gasteiger partial charge in [0.2, 0.25) is 0 Å². The van der Waals surface area contributed by atoms with Gasteiger partial charge in [0.25, 0.3) is 5.91 Å². The smallest absolute Gasteiger partial charge is 0.266 e. The zero-order valence-electron chi connectivity index (χ0n) is 19.4. The highest BCUT2D eigenvalue weighted by Crippen LogP contribution is 2.48. The van der Waals surface area contributed by atoms with Crippen molar-refractivity contribution < 1.29 is 9.18 Å². The van der Waals surface area contributed by atoms with Crippen molar-refractivity contribution in [3.05, 3.63) is 131 Å². The average molecular weight is 541 g/mol. The Labute approximate surface area is 223 Å². The van der Waals surface area contributed by atoms with Crippen LogP contribution in [0.3, 0.4) is 0 Å². The standard InChI is InChI=1S/C30H19ClFN2OPS/c31-25-17-10-18-26(32)24(25)19-28-29(35)34-30(37-28)27(20-33)36(21-11-4-1-5-12-21,22-13-6-2-7-14-22)23-15-8-3-9-16-23/h1-19H. The lowest BCUT2D eigenvalue weighted by molar-refractivity contribution is -0.113. The highest BCUT2D eigenvalue weighted by Gasteiger charge is 2.35. The summed E-state index contributed by atoms with van der Waals surface area (Å²) in [5.74, 6) is -1.06. The summed E-state index contributed by atoms with van der Waals surface area (Å²) in [6, 6.07) is 36.4. The van der Waals surface area contributed by atoms with Crippen LogP contribution in [0.25, 0.3) is 6.08 Å². The Balaban J connectivity index is 1.81. The van der Waals surface area contributed by atoms with Crippen molar-refractivity contribution in [1.29, 1.82) is 5.26 Å². The normalized spacial score (nSPS) is 14.4. The minimum absolute atomic E-state index is 0.116. The van der Waals surface area contributed by atoms with E-state index in [2.05, 4.69) is 11.1 Å². The second-order valence-corrected chi connectivity index (χ2v) is 12.9. The number of thioether (sulfide) groups is 1. The van der Waals surface area contributed by atoms with Crippen LogP contribution in [0.4, 0.5) is 4.39 Å². The molecule has 0 saturated carbocycles. The summed E-state index contributed by atoms with van der Waals surface area (Å²) in [6.07, 6.45) is 1.41. The van der Waals surface area contributed by atoms with Gasteiger partial charge in [-0.25, -0.2) is 9.38 Å². The first-order valence-corrected chi connectivity index (χ1v) is 14.3. The number of amides is 1. The van der Waals surface area contributed by atoms with Crippen LogP contribution in [0.5, 0.6) is 0 Å². The van der Waals surface area contributed by atoms with Gasteiger partial charge in [0.05, 0.1) is 15.2 Å². The van der Waals surface area contributed by atoms with Crippen molar-refractivity contribution in [2.75, 3.05) is 0 Å². The molecule has 0 N–H and O–H groups in total. The molecule has 1 amide bonds. The van der Waals surface area contributed by atoms with E-state index in [1.165, 1.54) is 18.2 Å². The van der Waals surface area contributed by atoms with E-state index in [4.69, 9.17) is 11.6 Å². The van der Waals surface area contributed by atoms with Crippen LogP contribution in [-0.4, -0.2) is 16.2 Å². The molecule has 4 aromatic rings. The van der Waals surface area contributed by atoms with Gasteiger partial charge < -0.3 is 0 Å². The second kappa shape index (κ2) is 10.7. The van der Waals surface area contributed by atoms with E-state index in [9.17, 15) is 14.4 Å². The van der Waals surface area contributed by atoms with Gasteiger partial charge in [-0.1, -0.05) is 120 Å². The lowest BCUT2D eigenvalue weighted by Crippen LogP contribution is -2.32. The van der Waals surface area contributed by atoms with Crippen LogP contribution in [0, 0.1) is 17.1 Å². The Hall–Kier alpha value is -3.68. The number of carbonyl (C=O) groups is 1. The Morgan fingerprint density at radius 2 is 1.35 bits per heavy atom. The molecule has 0 fully saturated rings. The predicted octanol–water partition coefficient (Wildman–Crippen LogP) is 6.18. The molecule has 3 nitrogen and oxygen atoms in total. The van der Waals surface area contributed by atoms with Crippen molar-refractivity contribution in [2.24, 2.45) is 4.99 Å². The lowest BCUT2D eigenvalue weighted by Gasteiger charge is -2.30. The molecule has 1 aliphatic rings. The summed E-state index contributed by atoms with van der Waals surface area (Å²) >= 11 is 7.28. The van der Waals surface area contributed by atoms with Gasteiger partial charge in [-0.15, -0.1) is 0 Å². The monoisotopic (exact) mass is 540 g/mol. The molecule has 5 rings (SSSR count). The molecule has 1 heterocycles. The van der Waals surface area contributed by atoms with Crippen molar-refractivity contribution in [3.8, 4) is 6.07 Å². The molecule has 0 unspecified atom stereocenters. The van der Waals surface area contributed by atoms with Gasteiger partial charge >= 0.3 is 0 Å². The fraction of sp³-hybridized carbons (Fsp3) is 0. The van der Waals surface area contributed by atoms with Crippen LogP contribution >= 0.6 is 30.2 Å². The summed E-state index contributed by atoms with van der Waals surface area (Å²) in [4.78, 5) is 17.5. The van der Waals surface area contributed by atoms with Crippen molar-refractivity contribution >= 4 is 68.5 Å². The zero-order valence-corrected chi connectivity index (χ0v) is 21.9. The van der Waals surface area contributed by atoms with Gasteiger partial charge in [-0.2, -0.15) is 5.26 Å². The zero-order chi connectivity index (χ0) is 25.8. The van der Waals surface area contributed by atoms with E-state index in [-0.39, 0.29) is 15.5 Å². The van der Waals surface area contributed by atoms with Gasteiger partial charge in [0.1, 0.15) is 16.9 Å². The topological polar surface area (TPSA) is 53.2 Å². The molecule has 0 aliphatic carbocycles. The number of halogens is 2. The van der Waals surface area contributed by atoms with E-state index in [0.717, 1.165) is 27.7 Å². The van der Waals surface area contributed by atoms with Crippen LogP contribution in [-0.2, 0) is 4.79 Å². The molecular weight excluding hydrogens is 522 g/mol. The Bertz CT molecular complexity index is 1520. The summed E-state index contributed by atoms with van der Waals surface area (Å²) in [5, 5.41) is 14.5. The molecule has 0 radical (unpaired) electrons. The van der Waals surface area contributed by atoms with Gasteiger partial charge in [-0.3, -0.25) is 4.79 Å². The van der Waals surface area contributed by atoms with E-state index >= 15 is 0 Å². The van der Waals surface area contributed by atoms with Gasteiger partial charge in [0, 0.05) is 5.56 Å². The fourth-order valence-corrected chi connectivity index (χ4v) is 9.91. The summed E-state index contributed by atoms with van der Waals surface area (Å²) in [6.45, 7) is -2.74. The molecule has 0 atom stereocenters. The van der Waals surface area contributed by atoms with Crippen LogP contribution < -0.4 is 15.9 Å². The van der Waals surface area contributed by atoms with E-state index in [1.54, 1.807) is 6.07 Å². The number of benzene rings is 4. The van der Waals surface area contributed by atoms with E-state index in [0.29, 0.717) is 10.3 Å². The number of nitriles is 1. The Kier molecular flexibility index (Phi) is 7.26. The fourth-order valence-electron chi connectivity index (χ4n) is 4.35. The first-order valence-electron chi connectivity index (χ1n) is 11.4. The molecule has 37 heavy (non-hydrogen) atoms. The van der Waals surface area contributed by atoms with Crippen molar-refractivity contribution in [1.82, 2.24) is 0 Å². The highest BCUT2D eigenvalue weighted by molar-refractivity contribution is 8.22. The maximum atomic E-state index is 14.5. The summed E-state index contributed by atoms with van der Waals surface area (Å²) in [7, 11) is 0. The van der Waals surface area contributed by atoms with Crippen molar-refractivity contribution in [3.63, 3.8) is 0 Å². The van der Waals surface area contributed by atoms with Gasteiger partial charge in [0.15, 0.2) is 0 Å². The number of hydrogen-bond acceptors (Lipinski definition) is 3. The predicted molar refractivity (Wildman–Crippen MR) is 155 cm³/mol.